The van der Waals surface area contributed by atoms with Gasteiger partial charge in [-0.25, -0.2) is 19.9 Å². The third kappa shape index (κ3) is 3.90. The number of furan rings is 1. The van der Waals surface area contributed by atoms with Crippen LogP contribution in [-0.2, 0) is 0 Å². The lowest BCUT2D eigenvalue weighted by molar-refractivity contribution is 0.669. The minimum atomic E-state index is 0.602. The zero-order chi connectivity index (χ0) is 32.8. The highest BCUT2D eigenvalue weighted by Crippen LogP contribution is 2.39. The zero-order valence-electron chi connectivity index (χ0n) is 26.6. The summed E-state index contributed by atoms with van der Waals surface area (Å²) in [7, 11) is 0. The van der Waals surface area contributed by atoms with Gasteiger partial charge in [0, 0.05) is 49.6 Å². The van der Waals surface area contributed by atoms with E-state index in [1.807, 2.05) is 36.5 Å². The van der Waals surface area contributed by atoms with Crippen molar-refractivity contribution in [2.75, 3.05) is 0 Å². The van der Waals surface area contributed by atoms with Gasteiger partial charge in [0.15, 0.2) is 11.6 Å². The maximum Gasteiger partial charge on any atom is 0.162 e. The predicted molar refractivity (Wildman–Crippen MR) is 203 cm³/mol. The van der Waals surface area contributed by atoms with Crippen LogP contribution in [0.2, 0.25) is 0 Å². The molecule has 232 valence electrons. The van der Waals surface area contributed by atoms with E-state index in [1.165, 1.54) is 5.39 Å². The van der Waals surface area contributed by atoms with Crippen molar-refractivity contribution in [3.05, 3.63) is 152 Å². The Hall–Kier alpha value is -6.92. The number of para-hydroxylation sites is 1. The summed E-state index contributed by atoms with van der Waals surface area (Å²) >= 11 is 0. The molecule has 0 atom stereocenters. The van der Waals surface area contributed by atoms with Crippen LogP contribution in [-0.4, -0.2) is 24.5 Å². The predicted octanol–water partition coefficient (Wildman–Crippen LogP) is 11.1. The average Bonchev–Trinajstić information content (AvgIpc) is 3.73. The summed E-state index contributed by atoms with van der Waals surface area (Å²) in [4.78, 5) is 20.9. The van der Waals surface area contributed by atoms with E-state index >= 15 is 0 Å². The first-order valence-electron chi connectivity index (χ1n) is 16.6. The Balaban J connectivity index is 1.26. The number of aromatic nitrogens is 5. The fourth-order valence-corrected chi connectivity index (χ4v) is 7.52. The lowest BCUT2D eigenvalue weighted by Crippen LogP contribution is -2.04. The van der Waals surface area contributed by atoms with Gasteiger partial charge in [-0.05, 0) is 65.4 Å². The molecule has 0 aliphatic carbocycles. The molecule has 0 aliphatic rings. The van der Waals surface area contributed by atoms with Gasteiger partial charge in [-0.15, -0.1) is 0 Å². The second-order valence-corrected chi connectivity index (χ2v) is 12.7. The number of hydrogen-bond acceptors (Lipinski definition) is 5. The molecule has 0 unspecified atom stereocenters. The van der Waals surface area contributed by atoms with Crippen LogP contribution in [0.3, 0.4) is 0 Å². The van der Waals surface area contributed by atoms with Crippen molar-refractivity contribution in [3.8, 4) is 28.5 Å². The molecule has 0 saturated carbocycles. The normalized spacial score (nSPS) is 12.0. The molecule has 5 heterocycles. The molecule has 0 aliphatic heterocycles. The number of fused-ring (bicyclic) bond motifs is 11. The van der Waals surface area contributed by atoms with E-state index < -0.39 is 0 Å². The molecular formula is C44H25N5O. The minimum Gasteiger partial charge on any atom is -0.456 e. The fourth-order valence-electron chi connectivity index (χ4n) is 7.52. The topological polar surface area (TPSA) is 69.6 Å². The Morgan fingerprint density at radius 1 is 0.480 bits per heavy atom. The van der Waals surface area contributed by atoms with Gasteiger partial charge in [-0.3, -0.25) is 4.57 Å². The first-order chi connectivity index (χ1) is 24.8. The molecule has 6 aromatic carbocycles. The van der Waals surface area contributed by atoms with Crippen LogP contribution in [0.4, 0.5) is 0 Å². The Morgan fingerprint density at radius 3 is 2.20 bits per heavy atom. The Morgan fingerprint density at radius 2 is 1.26 bits per heavy atom. The molecule has 6 heteroatoms. The van der Waals surface area contributed by atoms with Crippen LogP contribution in [0.5, 0.6) is 0 Å². The molecule has 0 radical (unpaired) electrons. The van der Waals surface area contributed by atoms with Crippen molar-refractivity contribution in [2.24, 2.45) is 0 Å². The van der Waals surface area contributed by atoms with Gasteiger partial charge in [0.05, 0.1) is 16.7 Å². The molecule has 6 nitrogen and oxygen atoms in total. The van der Waals surface area contributed by atoms with E-state index in [0.29, 0.717) is 5.82 Å². The number of hydrogen-bond donors (Lipinski definition) is 0. The largest absolute Gasteiger partial charge is 0.456 e. The van der Waals surface area contributed by atoms with Crippen LogP contribution < -0.4 is 0 Å². The number of rotatable bonds is 3. The highest BCUT2D eigenvalue weighted by Gasteiger charge is 2.21. The van der Waals surface area contributed by atoms with E-state index in [2.05, 4.69) is 120 Å². The smallest absolute Gasteiger partial charge is 0.162 e. The quantitative estimate of drug-likeness (QED) is 0.180. The molecule has 0 N–H and O–H groups in total. The Labute approximate surface area is 284 Å². The number of nitrogens with zero attached hydrogens (tertiary/aromatic N) is 5. The molecule has 0 fully saturated rings. The molecule has 0 saturated heterocycles. The summed E-state index contributed by atoms with van der Waals surface area (Å²) in [6.07, 6.45) is 1.84. The molecule has 50 heavy (non-hydrogen) atoms. The first-order valence-corrected chi connectivity index (χ1v) is 16.6. The summed E-state index contributed by atoms with van der Waals surface area (Å²) < 4.78 is 8.52. The third-order valence-electron chi connectivity index (χ3n) is 9.84. The van der Waals surface area contributed by atoms with Crippen molar-refractivity contribution in [2.45, 2.75) is 0 Å². The van der Waals surface area contributed by atoms with Gasteiger partial charge in [0.1, 0.15) is 22.3 Å². The van der Waals surface area contributed by atoms with E-state index in [1.54, 1.807) is 0 Å². The van der Waals surface area contributed by atoms with Crippen LogP contribution in [0.15, 0.2) is 156 Å². The number of benzene rings is 6. The van der Waals surface area contributed by atoms with Gasteiger partial charge < -0.3 is 4.42 Å². The van der Waals surface area contributed by atoms with Crippen molar-refractivity contribution in [3.63, 3.8) is 0 Å². The summed E-state index contributed by atoms with van der Waals surface area (Å²) in [6, 6.07) is 50.1. The molecule has 5 aromatic heterocycles. The van der Waals surface area contributed by atoms with Crippen molar-refractivity contribution < 1.29 is 4.42 Å². The van der Waals surface area contributed by atoms with Crippen LogP contribution in [0, 0.1) is 0 Å². The van der Waals surface area contributed by atoms with E-state index in [0.717, 1.165) is 93.7 Å². The molecule has 0 amide bonds. The maximum atomic E-state index is 6.35. The van der Waals surface area contributed by atoms with Crippen molar-refractivity contribution in [1.82, 2.24) is 24.5 Å². The van der Waals surface area contributed by atoms with E-state index in [4.69, 9.17) is 24.4 Å². The van der Waals surface area contributed by atoms with E-state index in [-0.39, 0.29) is 0 Å². The molecule has 11 rings (SSSR count). The van der Waals surface area contributed by atoms with Crippen LogP contribution in [0.25, 0.3) is 105 Å². The first kappa shape index (κ1) is 27.1. The SMILES string of the molecule is c1ccc(-c2ccc3ccc4c(-n5c6ccccc6c6cccnc65)nc(-c5ccc6oc7ccc8ccccc8c7c6c5)nc4c3n2)cc1. The minimum absolute atomic E-state index is 0.602. The maximum absolute atomic E-state index is 6.35. The second kappa shape index (κ2) is 10.3. The molecule has 0 spiro atoms. The fraction of sp³-hybridized carbons (Fsp3) is 0. The second-order valence-electron chi connectivity index (χ2n) is 12.7. The summed E-state index contributed by atoms with van der Waals surface area (Å²) in [6.45, 7) is 0. The van der Waals surface area contributed by atoms with Crippen molar-refractivity contribution in [1.29, 1.82) is 0 Å². The van der Waals surface area contributed by atoms with Gasteiger partial charge in [0.2, 0.25) is 0 Å². The van der Waals surface area contributed by atoms with Crippen molar-refractivity contribution >= 4 is 76.5 Å². The third-order valence-corrected chi connectivity index (χ3v) is 9.84. The standard InChI is InChI=1S/C44H25N5O/c1-2-10-27(11-3-1)35-21-17-28-16-20-33-41(40(28)46-35)47-42(48-44(33)49-36-15-7-6-13-31(36)32-14-8-24-45-43(32)49)29-19-22-37-34(25-29)39-30-12-5-4-9-26(30)18-23-38(39)50-37/h1-25H. The van der Waals surface area contributed by atoms with Gasteiger partial charge in [-0.1, -0.05) is 91.0 Å². The lowest BCUT2D eigenvalue weighted by Gasteiger charge is -2.14. The highest BCUT2D eigenvalue weighted by atomic mass is 16.3. The molecule has 11 aromatic rings. The molecule has 0 bridgehead atoms. The summed E-state index contributed by atoms with van der Waals surface area (Å²) in [5.74, 6) is 1.36. The molecular weight excluding hydrogens is 615 g/mol. The van der Waals surface area contributed by atoms with E-state index in [9.17, 15) is 0 Å². The van der Waals surface area contributed by atoms with Gasteiger partial charge in [-0.2, -0.15) is 0 Å². The average molecular weight is 640 g/mol. The number of pyridine rings is 2. The van der Waals surface area contributed by atoms with Crippen LogP contribution in [0.1, 0.15) is 0 Å². The lowest BCUT2D eigenvalue weighted by atomic mass is 10.0. The highest BCUT2D eigenvalue weighted by molar-refractivity contribution is 6.19. The summed E-state index contributed by atoms with van der Waals surface area (Å²) in [5.41, 5.74) is 7.99. The monoisotopic (exact) mass is 639 g/mol. The zero-order valence-corrected chi connectivity index (χ0v) is 26.6. The van der Waals surface area contributed by atoms with Gasteiger partial charge in [0.25, 0.3) is 0 Å². The Bertz CT molecular complexity index is 3110. The van der Waals surface area contributed by atoms with Gasteiger partial charge >= 0.3 is 0 Å². The van der Waals surface area contributed by atoms with Crippen LogP contribution >= 0.6 is 0 Å². The Kier molecular flexibility index (Phi) is 5.57. The summed E-state index contributed by atoms with van der Waals surface area (Å²) in [5, 5.41) is 8.54.